The molecular formula is C11H15FN2O5. The molecule has 5 N–H and O–H groups in total. The minimum atomic E-state index is -2.57. The van der Waals surface area contributed by atoms with Crippen molar-refractivity contribution in [2.24, 2.45) is 17.6 Å². The summed E-state index contributed by atoms with van der Waals surface area (Å²) in [4.78, 5) is 33.9. The van der Waals surface area contributed by atoms with Crippen molar-refractivity contribution in [3.63, 3.8) is 0 Å². The summed E-state index contributed by atoms with van der Waals surface area (Å²) in [5.74, 6) is -5.94. The monoisotopic (exact) mass is 274 g/mol. The second-order valence-corrected chi connectivity index (χ2v) is 5.25. The van der Waals surface area contributed by atoms with E-state index in [1.807, 2.05) is 0 Å². The zero-order chi connectivity index (χ0) is 14.6. The van der Waals surface area contributed by atoms with Crippen molar-refractivity contribution in [3.8, 4) is 0 Å². The van der Waals surface area contributed by atoms with E-state index in [1.165, 1.54) is 6.92 Å². The second-order valence-electron chi connectivity index (χ2n) is 5.25. The Morgan fingerprint density at radius 3 is 2.32 bits per heavy atom. The van der Waals surface area contributed by atoms with E-state index >= 15 is 0 Å². The first-order chi connectivity index (χ1) is 8.68. The molecule has 1 amide bonds. The summed E-state index contributed by atoms with van der Waals surface area (Å²) >= 11 is 0. The Morgan fingerprint density at radius 2 is 1.95 bits per heavy atom. The molecule has 0 bridgehead atoms. The molecule has 2 rings (SSSR count). The number of hydrogen-bond acceptors (Lipinski definition) is 4. The molecule has 0 aromatic carbocycles. The van der Waals surface area contributed by atoms with Crippen LogP contribution in [-0.4, -0.2) is 45.3 Å². The Morgan fingerprint density at radius 1 is 1.37 bits per heavy atom. The quantitative estimate of drug-likeness (QED) is 0.526. The van der Waals surface area contributed by atoms with Crippen LogP contribution in [0.1, 0.15) is 19.8 Å². The van der Waals surface area contributed by atoms with Gasteiger partial charge in [0, 0.05) is 11.8 Å². The lowest BCUT2D eigenvalue weighted by atomic mass is 9.89. The maximum absolute atomic E-state index is 14.2. The lowest BCUT2D eigenvalue weighted by Crippen LogP contribution is -2.60. The number of amides is 1. The molecule has 8 heteroatoms. The number of rotatable bonds is 4. The number of carbonyl (C=O) groups excluding carboxylic acids is 1. The maximum atomic E-state index is 14.2. The van der Waals surface area contributed by atoms with Crippen molar-refractivity contribution < 1.29 is 29.0 Å². The molecule has 106 valence electrons. The zero-order valence-corrected chi connectivity index (χ0v) is 10.2. The zero-order valence-electron chi connectivity index (χ0n) is 10.2. The topological polar surface area (TPSA) is 130 Å². The highest BCUT2D eigenvalue weighted by atomic mass is 19.1. The van der Waals surface area contributed by atoms with Crippen molar-refractivity contribution >= 4 is 17.8 Å². The second kappa shape index (κ2) is 3.89. The van der Waals surface area contributed by atoms with Crippen molar-refractivity contribution in [2.75, 3.05) is 0 Å². The Labute approximate surface area is 108 Å². The van der Waals surface area contributed by atoms with E-state index < -0.39 is 46.9 Å². The van der Waals surface area contributed by atoms with Crippen LogP contribution in [0.5, 0.6) is 0 Å². The predicted octanol–water partition coefficient (Wildman–Crippen LogP) is -0.894. The molecule has 0 spiro atoms. The summed E-state index contributed by atoms with van der Waals surface area (Å²) in [6.45, 7) is 1.37. The molecule has 2 saturated carbocycles. The van der Waals surface area contributed by atoms with E-state index in [0.29, 0.717) is 0 Å². The molecular weight excluding hydrogens is 259 g/mol. The summed E-state index contributed by atoms with van der Waals surface area (Å²) in [5, 5.41) is 20.4. The summed E-state index contributed by atoms with van der Waals surface area (Å²) in [6, 6.07) is -0.951. The van der Waals surface area contributed by atoms with Crippen molar-refractivity contribution in [1.29, 1.82) is 0 Å². The molecule has 0 aromatic heterocycles. The van der Waals surface area contributed by atoms with Gasteiger partial charge in [-0.3, -0.25) is 4.79 Å². The maximum Gasteiger partial charge on any atom is 0.342 e. The number of aliphatic carboxylic acids is 2. The van der Waals surface area contributed by atoms with Crippen LogP contribution in [0.4, 0.5) is 4.39 Å². The van der Waals surface area contributed by atoms with Gasteiger partial charge in [0.25, 0.3) is 0 Å². The van der Waals surface area contributed by atoms with Gasteiger partial charge in [0.05, 0.1) is 6.04 Å². The number of halogens is 1. The third-order valence-corrected chi connectivity index (χ3v) is 4.14. The molecule has 0 radical (unpaired) electrons. The van der Waals surface area contributed by atoms with Crippen LogP contribution >= 0.6 is 0 Å². The van der Waals surface area contributed by atoms with E-state index in [4.69, 9.17) is 10.8 Å². The fraction of sp³-hybridized carbons (Fsp3) is 0.727. The molecule has 0 aliphatic heterocycles. The molecule has 2 aliphatic rings. The van der Waals surface area contributed by atoms with Gasteiger partial charge < -0.3 is 21.3 Å². The van der Waals surface area contributed by atoms with Gasteiger partial charge in [0.2, 0.25) is 11.6 Å². The van der Waals surface area contributed by atoms with E-state index in [0.717, 1.165) is 0 Å². The number of alkyl halides is 1. The minimum absolute atomic E-state index is 0.00900. The summed E-state index contributed by atoms with van der Waals surface area (Å²) in [6.07, 6.45) is 0.119. The first kappa shape index (κ1) is 13.7. The SMILES string of the molecule is C[C@@H](N)C(=O)N[C@]1(C(=O)O)CC[C@H]2[C@@H]1[C@]2(F)C(=O)O. The average molecular weight is 274 g/mol. The van der Waals surface area contributed by atoms with E-state index in [2.05, 4.69) is 5.32 Å². The predicted molar refractivity (Wildman–Crippen MR) is 59.8 cm³/mol. The standard InChI is InChI=1S/C11H15FN2O5/c1-4(13)7(15)14-10(8(16)17)3-2-5-6(10)11(5,12)9(18)19/h4-6H,2-3,13H2,1H3,(H,14,15)(H,16,17)(H,18,19)/t4-,5+,6+,10-,11+/m1/s1. The number of carboxylic acid groups (broad SMARTS) is 2. The van der Waals surface area contributed by atoms with Crippen molar-refractivity contribution in [3.05, 3.63) is 0 Å². The first-order valence-electron chi connectivity index (χ1n) is 5.91. The number of carbonyl (C=O) groups is 3. The van der Waals surface area contributed by atoms with Crippen molar-refractivity contribution in [2.45, 2.75) is 37.0 Å². The Hall–Kier alpha value is -1.70. The molecule has 5 atom stereocenters. The fourth-order valence-corrected chi connectivity index (χ4v) is 3.10. The molecule has 2 aliphatic carbocycles. The van der Waals surface area contributed by atoms with Crippen LogP contribution in [0.25, 0.3) is 0 Å². The highest BCUT2D eigenvalue weighted by Gasteiger charge is 2.83. The lowest BCUT2D eigenvalue weighted by Gasteiger charge is -2.30. The van der Waals surface area contributed by atoms with Crippen molar-refractivity contribution in [1.82, 2.24) is 5.32 Å². The molecule has 0 heterocycles. The Bertz CT molecular complexity index is 468. The van der Waals surface area contributed by atoms with Gasteiger partial charge in [-0.15, -0.1) is 0 Å². The van der Waals surface area contributed by atoms with Gasteiger partial charge in [-0.05, 0) is 19.8 Å². The highest BCUT2D eigenvalue weighted by molar-refractivity contribution is 5.94. The van der Waals surface area contributed by atoms with Crippen LogP contribution in [0, 0.1) is 11.8 Å². The van der Waals surface area contributed by atoms with Crippen LogP contribution in [0.2, 0.25) is 0 Å². The molecule has 0 unspecified atom stereocenters. The third-order valence-electron chi connectivity index (χ3n) is 4.14. The largest absolute Gasteiger partial charge is 0.479 e. The third kappa shape index (κ3) is 1.62. The number of hydrogen-bond donors (Lipinski definition) is 4. The van der Waals surface area contributed by atoms with Crippen LogP contribution in [0.3, 0.4) is 0 Å². The fourth-order valence-electron chi connectivity index (χ4n) is 3.10. The number of carboxylic acids is 2. The smallest absolute Gasteiger partial charge is 0.342 e. The Kier molecular flexibility index (Phi) is 2.81. The van der Waals surface area contributed by atoms with Gasteiger partial charge in [-0.2, -0.15) is 0 Å². The molecule has 19 heavy (non-hydrogen) atoms. The van der Waals surface area contributed by atoms with E-state index in [-0.39, 0.29) is 12.8 Å². The number of nitrogens with two attached hydrogens (primary N) is 1. The summed E-state index contributed by atoms with van der Waals surface area (Å²) in [5.41, 5.74) is 0.904. The molecule has 7 nitrogen and oxygen atoms in total. The number of fused-ring (bicyclic) bond motifs is 1. The first-order valence-corrected chi connectivity index (χ1v) is 5.91. The molecule has 0 saturated heterocycles. The summed E-state index contributed by atoms with van der Waals surface area (Å²) < 4.78 is 14.2. The van der Waals surface area contributed by atoms with Crippen LogP contribution < -0.4 is 11.1 Å². The summed E-state index contributed by atoms with van der Waals surface area (Å²) in [7, 11) is 0. The number of nitrogens with one attached hydrogen (secondary N) is 1. The van der Waals surface area contributed by atoms with Gasteiger partial charge >= 0.3 is 11.9 Å². The van der Waals surface area contributed by atoms with E-state index in [9.17, 15) is 23.9 Å². The van der Waals surface area contributed by atoms with Gasteiger partial charge in [-0.25, -0.2) is 14.0 Å². The van der Waals surface area contributed by atoms with Gasteiger partial charge in [0.1, 0.15) is 5.54 Å². The normalized spacial score (nSPS) is 41.2. The van der Waals surface area contributed by atoms with Crippen LogP contribution in [-0.2, 0) is 14.4 Å². The van der Waals surface area contributed by atoms with Gasteiger partial charge in [0.15, 0.2) is 0 Å². The van der Waals surface area contributed by atoms with E-state index in [1.54, 1.807) is 0 Å². The van der Waals surface area contributed by atoms with Gasteiger partial charge in [-0.1, -0.05) is 0 Å². The molecule has 0 aromatic rings. The highest BCUT2D eigenvalue weighted by Crippen LogP contribution is 2.67. The minimum Gasteiger partial charge on any atom is -0.479 e. The Balaban J connectivity index is 2.31. The lowest BCUT2D eigenvalue weighted by molar-refractivity contribution is -0.153. The molecule has 2 fully saturated rings. The average Bonchev–Trinajstić information content (AvgIpc) is 2.73. The van der Waals surface area contributed by atoms with Crippen LogP contribution in [0.15, 0.2) is 0 Å².